The molecule has 2 heterocycles. The summed E-state index contributed by atoms with van der Waals surface area (Å²) in [6, 6.07) is 6.61. The van der Waals surface area contributed by atoms with Crippen LogP contribution in [-0.2, 0) is 10.3 Å². The van der Waals surface area contributed by atoms with E-state index < -0.39 is 66.1 Å². The van der Waals surface area contributed by atoms with Gasteiger partial charge in [0.1, 0.15) is 47.1 Å². The lowest BCUT2D eigenvalue weighted by atomic mass is 9.92. The zero-order valence-electron chi connectivity index (χ0n) is 23.2. The minimum atomic E-state index is -3.69. The van der Waals surface area contributed by atoms with Gasteiger partial charge in [-0.15, -0.1) is 10.8 Å². The van der Waals surface area contributed by atoms with E-state index >= 15 is 4.39 Å². The van der Waals surface area contributed by atoms with Gasteiger partial charge in [0, 0.05) is 39.6 Å². The Morgan fingerprint density at radius 2 is 1.98 bits per heavy atom. The highest BCUT2D eigenvalue weighted by Crippen LogP contribution is 2.52. The molecule has 10 nitrogen and oxygen atoms in total. The molecule has 0 bridgehead atoms. The number of carbonyl (C=O) groups is 1. The van der Waals surface area contributed by atoms with Crippen LogP contribution >= 0.6 is 10.8 Å². The van der Waals surface area contributed by atoms with Crippen LogP contribution in [0.15, 0.2) is 35.5 Å². The highest BCUT2D eigenvalue weighted by molar-refractivity contribution is 8.22. The second kappa shape index (κ2) is 12.2. The lowest BCUT2D eigenvalue weighted by molar-refractivity contribution is 0.0650. The molecule has 0 aliphatic carbocycles. The summed E-state index contributed by atoms with van der Waals surface area (Å²) in [4.78, 5) is 21.0. The fourth-order valence-electron chi connectivity index (χ4n) is 3.94. The second-order valence-corrected chi connectivity index (χ2v) is 18.6. The fraction of sp³-hybridized carbons (Fsp3) is 0.385. The van der Waals surface area contributed by atoms with E-state index in [0.717, 1.165) is 34.8 Å². The highest BCUT2D eigenvalue weighted by Gasteiger charge is 2.45. The lowest BCUT2D eigenvalue weighted by Crippen LogP contribution is -2.53. The SMILES string of the molecule is CN1C(N(COCC[Si](C)(C)C)C(=O)O)=NC(C)(c2cc(/C=C(\F)c3cc(F)c(C#N)cn3)ccc2F)CS1(O)O. The van der Waals surface area contributed by atoms with Crippen LogP contribution in [-0.4, -0.2) is 74.7 Å². The number of aromatic nitrogens is 1. The predicted molar refractivity (Wildman–Crippen MR) is 153 cm³/mol. The number of guanidine groups is 1. The van der Waals surface area contributed by atoms with E-state index in [4.69, 9.17) is 10.00 Å². The van der Waals surface area contributed by atoms with Crippen molar-refractivity contribution in [3.8, 4) is 6.07 Å². The van der Waals surface area contributed by atoms with Crippen molar-refractivity contribution in [3.05, 3.63) is 64.5 Å². The molecule has 3 rings (SSSR count). The number of rotatable bonds is 8. The van der Waals surface area contributed by atoms with Crippen LogP contribution in [0.2, 0.25) is 25.7 Å². The summed E-state index contributed by atoms with van der Waals surface area (Å²) in [5.41, 5.74) is -2.48. The van der Waals surface area contributed by atoms with Gasteiger partial charge in [0.25, 0.3) is 0 Å². The van der Waals surface area contributed by atoms with E-state index in [0.29, 0.717) is 4.90 Å². The van der Waals surface area contributed by atoms with Crippen molar-refractivity contribution in [2.24, 2.45) is 4.99 Å². The summed E-state index contributed by atoms with van der Waals surface area (Å²) in [5, 5.41) is 18.7. The van der Waals surface area contributed by atoms with Gasteiger partial charge < -0.3 is 9.84 Å². The lowest BCUT2D eigenvalue weighted by Gasteiger charge is -2.51. The van der Waals surface area contributed by atoms with E-state index in [1.807, 2.05) is 0 Å². The number of nitrogens with zero attached hydrogens (tertiary/aromatic N) is 5. The Hall–Kier alpha value is -3.42. The van der Waals surface area contributed by atoms with Gasteiger partial charge in [-0.25, -0.2) is 32.2 Å². The normalized spacial score (nSPS) is 19.8. The average molecular weight is 612 g/mol. The first-order chi connectivity index (χ1) is 19.0. The van der Waals surface area contributed by atoms with Gasteiger partial charge in [-0.05, 0) is 36.7 Å². The Kier molecular flexibility index (Phi) is 9.56. The number of hydrogen-bond donors (Lipinski definition) is 3. The monoisotopic (exact) mass is 611 g/mol. The van der Waals surface area contributed by atoms with Crippen molar-refractivity contribution < 1.29 is 36.9 Å². The molecule has 0 saturated heterocycles. The van der Waals surface area contributed by atoms with E-state index in [-0.39, 0.29) is 29.3 Å². The molecule has 1 aromatic carbocycles. The third kappa shape index (κ3) is 7.66. The van der Waals surface area contributed by atoms with Crippen molar-refractivity contribution >= 4 is 42.8 Å². The molecule has 1 amide bonds. The molecule has 222 valence electrons. The van der Waals surface area contributed by atoms with E-state index in [1.165, 1.54) is 26.1 Å². The van der Waals surface area contributed by atoms with E-state index in [1.54, 1.807) is 6.07 Å². The highest BCUT2D eigenvalue weighted by atomic mass is 32.3. The largest absolute Gasteiger partial charge is 0.465 e. The number of hydrogen-bond acceptors (Lipinski definition) is 8. The number of benzene rings is 1. The molecule has 0 spiro atoms. The number of nitriles is 1. The standard InChI is InChI=1S/C26H32F3N5O5SSi/c1-26(15-40(37,38)33(2)24(32-26)34(25(35)36)16-39-8-9-41(3,4)5)19-10-17(6-7-20(19)27)11-22(29)23-12-21(28)18(13-30)14-31-23/h6-7,10-12,14,37-38H,8-9,15-16H2,1-5H3,(H,35,36)/b22-11-. The van der Waals surface area contributed by atoms with Crippen molar-refractivity contribution in [2.45, 2.75) is 38.1 Å². The van der Waals surface area contributed by atoms with Crippen LogP contribution in [0.5, 0.6) is 0 Å². The summed E-state index contributed by atoms with van der Waals surface area (Å²) in [7, 11) is -3.89. The van der Waals surface area contributed by atoms with Crippen molar-refractivity contribution in [2.75, 3.05) is 26.1 Å². The van der Waals surface area contributed by atoms with E-state index in [9.17, 15) is 27.8 Å². The molecule has 3 N–H and O–H groups in total. The average Bonchev–Trinajstić information content (AvgIpc) is 2.86. The minimum absolute atomic E-state index is 0.114. The van der Waals surface area contributed by atoms with Crippen LogP contribution in [0.25, 0.3) is 11.9 Å². The van der Waals surface area contributed by atoms with Crippen LogP contribution in [0.4, 0.5) is 18.0 Å². The number of carboxylic acid groups (broad SMARTS) is 1. The molecular formula is C26H32F3N5O5SSi. The first-order valence-electron chi connectivity index (χ1n) is 12.4. The van der Waals surface area contributed by atoms with Crippen LogP contribution in [0.1, 0.15) is 29.3 Å². The second-order valence-electron chi connectivity index (χ2n) is 10.9. The molecular weight excluding hydrogens is 579 g/mol. The summed E-state index contributed by atoms with van der Waals surface area (Å²) in [6.45, 7) is 7.64. The molecule has 15 heteroatoms. The third-order valence-electron chi connectivity index (χ3n) is 6.31. The maximum absolute atomic E-state index is 15.2. The Bertz CT molecular complexity index is 1430. The third-order valence-corrected chi connectivity index (χ3v) is 10.0. The maximum Gasteiger partial charge on any atom is 0.416 e. The first kappa shape index (κ1) is 32.1. The molecule has 41 heavy (non-hydrogen) atoms. The summed E-state index contributed by atoms with van der Waals surface area (Å²) >= 11 is 0. The Morgan fingerprint density at radius 1 is 1.29 bits per heavy atom. The number of ether oxygens (including phenoxy) is 1. The molecule has 1 aliphatic heterocycles. The van der Waals surface area contributed by atoms with Gasteiger partial charge in [-0.1, -0.05) is 25.7 Å². The number of halogens is 3. The molecule has 1 aliphatic rings. The molecule has 0 saturated carbocycles. The first-order valence-corrected chi connectivity index (χ1v) is 17.8. The molecule has 1 unspecified atom stereocenters. The smallest absolute Gasteiger partial charge is 0.416 e. The van der Waals surface area contributed by atoms with Gasteiger partial charge in [-0.3, -0.25) is 14.1 Å². The quantitative estimate of drug-likeness (QED) is 0.183. The van der Waals surface area contributed by atoms with Gasteiger partial charge >= 0.3 is 6.09 Å². The summed E-state index contributed by atoms with van der Waals surface area (Å²) in [5.74, 6) is -3.58. The van der Waals surface area contributed by atoms with Gasteiger partial charge in [0.15, 0.2) is 0 Å². The predicted octanol–water partition coefficient (Wildman–Crippen LogP) is 6.17. The van der Waals surface area contributed by atoms with Gasteiger partial charge in [0.05, 0.1) is 5.75 Å². The maximum atomic E-state index is 15.2. The van der Waals surface area contributed by atoms with Crippen LogP contribution < -0.4 is 0 Å². The Labute approximate surface area is 238 Å². The van der Waals surface area contributed by atoms with Crippen molar-refractivity contribution in [1.82, 2.24) is 14.2 Å². The van der Waals surface area contributed by atoms with Gasteiger partial charge in [0.2, 0.25) is 5.96 Å². The Balaban J connectivity index is 2.02. The zero-order valence-corrected chi connectivity index (χ0v) is 25.0. The Morgan fingerprint density at radius 3 is 2.56 bits per heavy atom. The van der Waals surface area contributed by atoms with Crippen molar-refractivity contribution in [3.63, 3.8) is 0 Å². The summed E-state index contributed by atoms with van der Waals surface area (Å²) < 4.78 is 72.4. The number of pyridine rings is 1. The molecule has 0 radical (unpaired) electrons. The topological polar surface area (TPSA) is 143 Å². The minimum Gasteiger partial charge on any atom is -0.465 e. The molecule has 1 atom stereocenters. The zero-order chi connectivity index (χ0) is 30.8. The van der Waals surface area contributed by atoms with Gasteiger partial charge in [-0.2, -0.15) is 5.26 Å². The fourth-order valence-corrected chi connectivity index (χ4v) is 6.26. The molecule has 2 aromatic rings. The number of aliphatic imine (C=N–C) groups is 1. The van der Waals surface area contributed by atoms with E-state index in [2.05, 4.69) is 29.6 Å². The summed E-state index contributed by atoms with van der Waals surface area (Å²) in [6.07, 6.45) is 0.385. The van der Waals surface area contributed by atoms with Crippen LogP contribution in [0, 0.1) is 23.0 Å². The molecule has 1 aromatic heterocycles. The number of amides is 1. The van der Waals surface area contributed by atoms with Crippen molar-refractivity contribution in [1.29, 1.82) is 5.26 Å². The van der Waals surface area contributed by atoms with Crippen LogP contribution in [0.3, 0.4) is 0 Å². The molecule has 0 fully saturated rings.